The van der Waals surface area contributed by atoms with Crippen LogP contribution in [0.25, 0.3) is 0 Å². The minimum atomic E-state index is 0.243. The lowest BCUT2D eigenvalue weighted by Crippen LogP contribution is -2.03. The summed E-state index contributed by atoms with van der Waals surface area (Å²) in [6.07, 6.45) is 4.44. The van der Waals surface area contributed by atoms with Crippen molar-refractivity contribution in [1.29, 1.82) is 0 Å². The van der Waals surface area contributed by atoms with E-state index in [1.54, 1.807) is 0 Å². The summed E-state index contributed by atoms with van der Waals surface area (Å²) in [5.74, 6) is 0. The number of hydrogen-bond acceptors (Lipinski definition) is 4. The maximum Gasteiger partial charge on any atom is 0.105 e. The van der Waals surface area contributed by atoms with Crippen LogP contribution in [0.5, 0.6) is 0 Å². The second-order valence-corrected chi connectivity index (χ2v) is 4.40. The van der Waals surface area contributed by atoms with Crippen LogP contribution in [0.4, 0.5) is 0 Å². The van der Waals surface area contributed by atoms with Gasteiger partial charge in [0.1, 0.15) is 6.61 Å². The SMILES string of the molecule is OOCCOCCCCCCOCc1ccccc1. The maximum atomic E-state index is 8.08. The van der Waals surface area contributed by atoms with E-state index < -0.39 is 0 Å². The smallest absolute Gasteiger partial charge is 0.105 e. The first kappa shape index (κ1) is 16.1. The first-order valence-corrected chi connectivity index (χ1v) is 6.89. The summed E-state index contributed by atoms with van der Waals surface area (Å²) >= 11 is 0. The highest BCUT2D eigenvalue weighted by molar-refractivity contribution is 5.13. The molecular weight excluding hydrogens is 244 g/mol. The molecule has 0 saturated carbocycles. The topological polar surface area (TPSA) is 47.9 Å². The molecule has 0 fully saturated rings. The summed E-state index contributed by atoms with van der Waals surface area (Å²) in [6, 6.07) is 10.2. The molecule has 0 aliphatic heterocycles. The Morgan fingerprint density at radius 2 is 1.42 bits per heavy atom. The lowest BCUT2D eigenvalue weighted by molar-refractivity contribution is -0.249. The Morgan fingerprint density at radius 1 is 0.737 bits per heavy atom. The molecule has 0 radical (unpaired) electrons. The van der Waals surface area contributed by atoms with Gasteiger partial charge in [0.05, 0.1) is 13.2 Å². The van der Waals surface area contributed by atoms with Crippen molar-refractivity contribution >= 4 is 0 Å². The Labute approximate surface area is 115 Å². The van der Waals surface area contributed by atoms with E-state index >= 15 is 0 Å². The summed E-state index contributed by atoms with van der Waals surface area (Å²) in [5, 5.41) is 8.08. The Bertz CT molecular complexity index is 289. The van der Waals surface area contributed by atoms with E-state index in [-0.39, 0.29) is 6.61 Å². The summed E-state index contributed by atoms with van der Waals surface area (Å²) in [5.41, 5.74) is 1.22. The van der Waals surface area contributed by atoms with Crippen molar-refractivity contribution in [3.05, 3.63) is 35.9 Å². The van der Waals surface area contributed by atoms with Crippen LogP contribution in [0.1, 0.15) is 31.2 Å². The molecule has 0 spiro atoms. The minimum absolute atomic E-state index is 0.243. The van der Waals surface area contributed by atoms with Gasteiger partial charge in [-0.05, 0) is 18.4 Å². The normalized spacial score (nSPS) is 10.8. The summed E-state index contributed by atoms with van der Waals surface area (Å²) in [7, 11) is 0. The van der Waals surface area contributed by atoms with E-state index in [1.165, 1.54) is 5.56 Å². The van der Waals surface area contributed by atoms with Crippen molar-refractivity contribution in [2.75, 3.05) is 26.4 Å². The molecule has 0 aliphatic carbocycles. The van der Waals surface area contributed by atoms with Gasteiger partial charge in [-0.15, -0.1) is 0 Å². The molecular formula is C15H24O4. The van der Waals surface area contributed by atoms with E-state index in [0.29, 0.717) is 13.2 Å². The average molecular weight is 268 g/mol. The Kier molecular flexibility index (Phi) is 10.3. The Morgan fingerprint density at radius 3 is 2.11 bits per heavy atom. The largest absolute Gasteiger partial charge is 0.379 e. The van der Waals surface area contributed by atoms with Crippen molar-refractivity contribution in [2.45, 2.75) is 32.3 Å². The van der Waals surface area contributed by atoms with E-state index in [0.717, 1.165) is 38.9 Å². The molecule has 0 aromatic heterocycles. The van der Waals surface area contributed by atoms with Gasteiger partial charge in [0.25, 0.3) is 0 Å². The molecule has 0 unspecified atom stereocenters. The molecule has 0 bridgehead atoms. The fraction of sp³-hybridized carbons (Fsp3) is 0.600. The molecule has 108 valence electrons. The third-order valence-corrected chi connectivity index (χ3v) is 2.76. The van der Waals surface area contributed by atoms with Crippen LogP contribution < -0.4 is 0 Å². The monoisotopic (exact) mass is 268 g/mol. The van der Waals surface area contributed by atoms with Gasteiger partial charge in [0.15, 0.2) is 0 Å². The van der Waals surface area contributed by atoms with Gasteiger partial charge >= 0.3 is 0 Å². The Balaban J connectivity index is 1.79. The first-order chi connectivity index (χ1) is 9.43. The fourth-order valence-electron chi connectivity index (χ4n) is 1.72. The predicted octanol–water partition coefficient (Wildman–Crippen LogP) is 3.27. The second-order valence-electron chi connectivity index (χ2n) is 4.40. The highest BCUT2D eigenvalue weighted by Gasteiger charge is 1.94. The van der Waals surface area contributed by atoms with E-state index in [2.05, 4.69) is 17.0 Å². The number of unbranched alkanes of at least 4 members (excludes halogenated alkanes) is 3. The second kappa shape index (κ2) is 12.1. The maximum absolute atomic E-state index is 8.08. The van der Waals surface area contributed by atoms with Gasteiger partial charge in [0.2, 0.25) is 0 Å². The summed E-state index contributed by atoms with van der Waals surface area (Å²) < 4.78 is 10.8. The molecule has 4 heteroatoms. The first-order valence-electron chi connectivity index (χ1n) is 6.89. The molecule has 1 rings (SSSR count). The van der Waals surface area contributed by atoms with E-state index in [1.807, 2.05) is 18.2 Å². The van der Waals surface area contributed by atoms with Crippen LogP contribution in [0, 0.1) is 0 Å². The molecule has 0 atom stereocenters. The Hall–Kier alpha value is -0.940. The van der Waals surface area contributed by atoms with Gasteiger partial charge in [-0.3, -0.25) is 5.26 Å². The quantitative estimate of drug-likeness (QED) is 0.359. The molecule has 0 heterocycles. The molecule has 1 aromatic rings. The van der Waals surface area contributed by atoms with Crippen molar-refractivity contribution in [3.63, 3.8) is 0 Å². The zero-order valence-electron chi connectivity index (χ0n) is 11.4. The predicted molar refractivity (Wildman–Crippen MR) is 74.0 cm³/mol. The number of hydrogen-bond donors (Lipinski definition) is 1. The molecule has 0 amide bonds. The van der Waals surface area contributed by atoms with Crippen molar-refractivity contribution in [2.24, 2.45) is 0 Å². The molecule has 4 nitrogen and oxygen atoms in total. The fourth-order valence-corrected chi connectivity index (χ4v) is 1.72. The highest BCUT2D eigenvalue weighted by Crippen LogP contribution is 2.04. The van der Waals surface area contributed by atoms with Gasteiger partial charge in [-0.2, -0.15) is 0 Å². The van der Waals surface area contributed by atoms with Crippen LogP contribution in [0.3, 0.4) is 0 Å². The number of rotatable bonds is 12. The van der Waals surface area contributed by atoms with Crippen molar-refractivity contribution in [3.8, 4) is 0 Å². The number of benzene rings is 1. The molecule has 0 aliphatic rings. The zero-order chi connectivity index (χ0) is 13.6. The molecule has 19 heavy (non-hydrogen) atoms. The third-order valence-electron chi connectivity index (χ3n) is 2.76. The molecule has 0 saturated heterocycles. The van der Waals surface area contributed by atoms with Crippen molar-refractivity contribution in [1.82, 2.24) is 0 Å². The minimum Gasteiger partial charge on any atom is -0.379 e. The highest BCUT2D eigenvalue weighted by atomic mass is 17.1. The molecule has 1 N–H and O–H groups in total. The standard InChI is InChI=1S/C15H24O4/c16-19-13-12-17-10-6-1-2-7-11-18-14-15-8-4-3-5-9-15/h3-5,8-9,16H,1-2,6-7,10-14H2. The van der Waals surface area contributed by atoms with Crippen LogP contribution >= 0.6 is 0 Å². The van der Waals surface area contributed by atoms with Gasteiger partial charge in [-0.1, -0.05) is 43.2 Å². The number of ether oxygens (including phenoxy) is 2. The lowest BCUT2D eigenvalue weighted by Gasteiger charge is -2.05. The van der Waals surface area contributed by atoms with E-state index in [4.69, 9.17) is 14.7 Å². The van der Waals surface area contributed by atoms with Crippen LogP contribution in [0.15, 0.2) is 30.3 Å². The van der Waals surface area contributed by atoms with Crippen LogP contribution in [-0.2, 0) is 21.0 Å². The third kappa shape index (κ3) is 9.62. The summed E-state index contributed by atoms with van der Waals surface area (Å²) in [6.45, 7) is 2.94. The van der Waals surface area contributed by atoms with E-state index in [9.17, 15) is 0 Å². The lowest BCUT2D eigenvalue weighted by atomic mass is 10.2. The van der Waals surface area contributed by atoms with Crippen LogP contribution in [-0.4, -0.2) is 31.7 Å². The van der Waals surface area contributed by atoms with Gasteiger partial charge < -0.3 is 9.47 Å². The van der Waals surface area contributed by atoms with Gasteiger partial charge in [0, 0.05) is 13.2 Å². The zero-order valence-corrected chi connectivity index (χ0v) is 11.4. The molecule has 1 aromatic carbocycles. The van der Waals surface area contributed by atoms with Gasteiger partial charge in [-0.25, -0.2) is 4.89 Å². The summed E-state index contributed by atoms with van der Waals surface area (Å²) in [4.78, 5) is 3.91. The average Bonchev–Trinajstić information content (AvgIpc) is 2.46. The van der Waals surface area contributed by atoms with Crippen molar-refractivity contribution < 1.29 is 19.6 Å². The van der Waals surface area contributed by atoms with Crippen LogP contribution in [0.2, 0.25) is 0 Å².